The molecule has 4 heteroatoms. The van der Waals surface area contributed by atoms with E-state index in [9.17, 15) is 0 Å². The maximum absolute atomic E-state index is 6.05. The molecule has 0 radical (unpaired) electrons. The van der Waals surface area contributed by atoms with E-state index in [1.54, 1.807) is 11.3 Å². The summed E-state index contributed by atoms with van der Waals surface area (Å²) in [6.07, 6.45) is 0. The van der Waals surface area contributed by atoms with Gasteiger partial charge in [-0.2, -0.15) is 11.8 Å². The van der Waals surface area contributed by atoms with Crippen molar-refractivity contribution in [3.8, 4) is 0 Å². The smallest absolute Gasteiger partial charge is 0.0561 e. The van der Waals surface area contributed by atoms with Gasteiger partial charge < -0.3 is 5.73 Å². The predicted octanol–water partition coefficient (Wildman–Crippen LogP) is 3.93. The number of nitrogens with two attached hydrogens (primary N) is 1. The van der Waals surface area contributed by atoms with Crippen LogP contribution in [0.2, 0.25) is 5.02 Å². The van der Waals surface area contributed by atoms with Crippen LogP contribution in [0, 0.1) is 0 Å². The number of hydrogen-bond acceptors (Lipinski definition) is 3. The van der Waals surface area contributed by atoms with Crippen LogP contribution in [0.25, 0.3) is 0 Å². The van der Waals surface area contributed by atoms with E-state index >= 15 is 0 Å². The number of thioether (sulfide) groups is 1. The number of rotatable bonds is 3. The summed E-state index contributed by atoms with van der Waals surface area (Å²) >= 11 is 9.52. The Bertz CT molecular complexity index is 291. The van der Waals surface area contributed by atoms with Gasteiger partial charge in [0.05, 0.1) is 5.02 Å². The lowest BCUT2D eigenvalue weighted by Crippen LogP contribution is -2.17. The number of halogens is 1. The lowest BCUT2D eigenvalue weighted by atomic mass is 10.3. The molecule has 80 valence electrons. The highest BCUT2D eigenvalue weighted by Gasteiger charge is 2.16. The molecule has 14 heavy (non-hydrogen) atoms. The highest BCUT2D eigenvalue weighted by atomic mass is 35.5. The predicted molar refractivity (Wildman–Crippen MR) is 68.5 cm³/mol. The highest BCUT2D eigenvalue weighted by molar-refractivity contribution is 8.00. The third-order valence-corrected chi connectivity index (χ3v) is 4.56. The van der Waals surface area contributed by atoms with E-state index in [1.807, 2.05) is 23.2 Å². The van der Waals surface area contributed by atoms with Gasteiger partial charge in [-0.15, -0.1) is 11.3 Å². The maximum atomic E-state index is 6.05. The fourth-order valence-electron chi connectivity index (χ4n) is 0.985. The summed E-state index contributed by atoms with van der Waals surface area (Å²) in [5.41, 5.74) is 6.05. The largest absolute Gasteiger partial charge is 0.323 e. The van der Waals surface area contributed by atoms with Gasteiger partial charge >= 0.3 is 0 Å². The Hall–Kier alpha value is 0.300. The number of thiophene rings is 1. The second-order valence-electron chi connectivity index (χ2n) is 4.16. The zero-order valence-corrected chi connectivity index (χ0v) is 11.1. The summed E-state index contributed by atoms with van der Waals surface area (Å²) in [7, 11) is 0. The Kier molecular flexibility index (Phi) is 4.31. The van der Waals surface area contributed by atoms with Crippen molar-refractivity contribution in [2.75, 3.05) is 5.75 Å². The topological polar surface area (TPSA) is 26.0 Å². The standard InChI is InChI=1S/C10H16ClNS2/c1-10(2,3)14-6-8(12)9-7(11)4-5-13-9/h4-5,8H,6,12H2,1-3H3. The highest BCUT2D eigenvalue weighted by Crippen LogP contribution is 2.32. The summed E-state index contributed by atoms with van der Waals surface area (Å²) in [6, 6.07) is 1.97. The molecule has 0 spiro atoms. The lowest BCUT2D eigenvalue weighted by molar-refractivity contribution is 0.784. The third kappa shape index (κ3) is 3.81. The normalized spacial score (nSPS) is 14.4. The van der Waals surface area contributed by atoms with E-state index in [4.69, 9.17) is 17.3 Å². The summed E-state index contributed by atoms with van der Waals surface area (Å²) in [5, 5.41) is 2.79. The van der Waals surface area contributed by atoms with E-state index in [-0.39, 0.29) is 10.8 Å². The lowest BCUT2D eigenvalue weighted by Gasteiger charge is -2.20. The molecule has 0 aliphatic rings. The van der Waals surface area contributed by atoms with Crippen molar-refractivity contribution in [2.24, 2.45) is 5.73 Å². The van der Waals surface area contributed by atoms with Crippen LogP contribution in [-0.2, 0) is 0 Å². The van der Waals surface area contributed by atoms with Crippen molar-refractivity contribution in [3.63, 3.8) is 0 Å². The SMILES string of the molecule is CC(C)(C)SCC(N)c1sccc1Cl. The third-order valence-electron chi connectivity index (χ3n) is 1.68. The van der Waals surface area contributed by atoms with E-state index < -0.39 is 0 Å². The molecule has 1 aromatic rings. The minimum Gasteiger partial charge on any atom is -0.323 e. The van der Waals surface area contributed by atoms with Gasteiger partial charge in [0.15, 0.2) is 0 Å². The van der Waals surface area contributed by atoms with Crippen LogP contribution in [0.1, 0.15) is 31.7 Å². The molecule has 0 amide bonds. The molecule has 0 saturated heterocycles. The second kappa shape index (κ2) is 4.88. The van der Waals surface area contributed by atoms with E-state index in [1.165, 1.54) is 0 Å². The van der Waals surface area contributed by atoms with Crippen molar-refractivity contribution >= 4 is 34.7 Å². The molecule has 1 aromatic heterocycles. The van der Waals surface area contributed by atoms with Gasteiger partial charge in [0.1, 0.15) is 0 Å². The second-order valence-corrected chi connectivity index (χ2v) is 7.36. The fourth-order valence-corrected chi connectivity index (χ4v) is 3.14. The minimum atomic E-state index is 0.0618. The molecule has 0 fully saturated rings. The summed E-state index contributed by atoms with van der Waals surface area (Å²) in [4.78, 5) is 1.10. The molecule has 0 aliphatic heterocycles. The first-order chi connectivity index (χ1) is 6.40. The Morgan fingerprint density at radius 3 is 2.64 bits per heavy atom. The van der Waals surface area contributed by atoms with Crippen molar-refractivity contribution in [2.45, 2.75) is 31.6 Å². The monoisotopic (exact) mass is 249 g/mol. The summed E-state index contributed by atoms with van der Waals surface area (Å²) in [6.45, 7) is 6.58. The minimum absolute atomic E-state index is 0.0618. The first-order valence-corrected chi connectivity index (χ1v) is 6.77. The average Bonchev–Trinajstić information content (AvgIpc) is 2.46. The quantitative estimate of drug-likeness (QED) is 0.879. The molecular weight excluding hydrogens is 234 g/mol. The van der Waals surface area contributed by atoms with Crippen LogP contribution in [-0.4, -0.2) is 10.5 Å². The van der Waals surface area contributed by atoms with Crippen molar-refractivity contribution < 1.29 is 0 Å². The molecule has 2 N–H and O–H groups in total. The van der Waals surface area contributed by atoms with Crippen LogP contribution < -0.4 is 5.73 Å². The van der Waals surface area contributed by atoms with Gasteiger partial charge in [0, 0.05) is 21.4 Å². The van der Waals surface area contributed by atoms with Gasteiger partial charge in [0.2, 0.25) is 0 Å². The van der Waals surface area contributed by atoms with Crippen molar-refractivity contribution in [3.05, 3.63) is 21.3 Å². The zero-order chi connectivity index (χ0) is 10.8. The van der Waals surface area contributed by atoms with Crippen molar-refractivity contribution in [1.29, 1.82) is 0 Å². The van der Waals surface area contributed by atoms with E-state index in [0.717, 1.165) is 15.7 Å². The molecular formula is C10H16ClNS2. The van der Waals surface area contributed by atoms with Gasteiger partial charge in [-0.05, 0) is 11.4 Å². The van der Waals surface area contributed by atoms with E-state index in [0.29, 0.717) is 0 Å². The zero-order valence-electron chi connectivity index (χ0n) is 8.71. The van der Waals surface area contributed by atoms with Gasteiger partial charge in [-0.1, -0.05) is 32.4 Å². The Morgan fingerprint density at radius 1 is 1.57 bits per heavy atom. The molecule has 0 aliphatic carbocycles. The van der Waals surface area contributed by atoms with E-state index in [2.05, 4.69) is 20.8 Å². The van der Waals surface area contributed by atoms with Crippen LogP contribution in [0.3, 0.4) is 0 Å². The summed E-state index contributed by atoms with van der Waals surface area (Å²) in [5.74, 6) is 0.920. The molecule has 1 atom stereocenters. The molecule has 1 rings (SSSR count). The molecule has 1 nitrogen and oxygen atoms in total. The fraction of sp³-hybridized carbons (Fsp3) is 0.600. The van der Waals surface area contributed by atoms with Crippen LogP contribution in [0.5, 0.6) is 0 Å². The maximum Gasteiger partial charge on any atom is 0.0561 e. The molecule has 0 aromatic carbocycles. The van der Waals surface area contributed by atoms with Gasteiger partial charge in [0.25, 0.3) is 0 Å². The summed E-state index contributed by atoms with van der Waals surface area (Å²) < 4.78 is 0.265. The van der Waals surface area contributed by atoms with Crippen LogP contribution in [0.4, 0.5) is 0 Å². The molecule has 1 unspecified atom stereocenters. The van der Waals surface area contributed by atoms with Crippen molar-refractivity contribution in [1.82, 2.24) is 0 Å². The van der Waals surface area contributed by atoms with Gasteiger partial charge in [-0.3, -0.25) is 0 Å². The van der Waals surface area contributed by atoms with Gasteiger partial charge in [-0.25, -0.2) is 0 Å². The Labute approximate surface area is 99.0 Å². The van der Waals surface area contributed by atoms with Crippen LogP contribution in [0.15, 0.2) is 11.4 Å². The molecule has 0 bridgehead atoms. The average molecular weight is 250 g/mol. The first kappa shape index (κ1) is 12.4. The Balaban J connectivity index is 2.51. The molecule has 0 saturated carbocycles. The Morgan fingerprint density at radius 2 is 2.21 bits per heavy atom. The van der Waals surface area contributed by atoms with Crippen LogP contribution >= 0.6 is 34.7 Å². The number of hydrogen-bond donors (Lipinski definition) is 1. The molecule has 1 heterocycles. The first-order valence-electron chi connectivity index (χ1n) is 4.52.